The lowest BCUT2D eigenvalue weighted by Gasteiger charge is -2.17. The summed E-state index contributed by atoms with van der Waals surface area (Å²) in [4.78, 5) is 18.1. The Morgan fingerprint density at radius 3 is 2.70 bits per heavy atom. The van der Waals surface area contributed by atoms with Crippen LogP contribution in [0.25, 0.3) is 11.0 Å². The van der Waals surface area contributed by atoms with E-state index in [9.17, 15) is 17.6 Å². The fourth-order valence-corrected chi connectivity index (χ4v) is 5.11. The molecule has 7 nitrogen and oxygen atoms in total. The lowest BCUT2D eigenvalue weighted by molar-refractivity contribution is -0.117. The number of aryl methyl sites for hydroxylation is 2. The van der Waals surface area contributed by atoms with E-state index in [1.165, 1.54) is 12.1 Å². The first-order chi connectivity index (χ1) is 14.3. The van der Waals surface area contributed by atoms with Crippen LogP contribution in [0.4, 0.5) is 10.1 Å². The molecule has 4 rings (SSSR count). The van der Waals surface area contributed by atoms with Gasteiger partial charge in [0.2, 0.25) is 15.9 Å². The molecule has 0 radical (unpaired) electrons. The molecule has 1 fully saturated rings. The normalized spacial score (nSPS) is 14.8. The van der Waals surface area contributed by atoms with Crippen LogP contribution in [0, 0.1) is 12.7 Å². The maximum Gasteiger partial charge on any atom is 0.240 e. The van der Waals surface area contributed by atoms with E-state index in [-0.39, 0.29) is 22.9 Å². The van der Waals surface area contributed by atoms with E-state index in [0.717, 1.165) is 12.1 Å². The summed E-state index contributed by atoms with van der Waals surface area (Å²) in [6.07, 6.45) is 1.65. The van der Waals surface area contributed by atoms with Gasteiger partial charge in [0.05, 0.1) is 10.4 Å². The number of carbonyl (C=O) groups is 1. The molecule has 1 N–H and O–H groups in total. The van der Waals surface area contributed by atoms with Crippen molar-refractivity contribution in [1.29, 1.82) is 0 Å². The Balaban J connectivity index is 1.48. The molecule has 0 spiro atoms. The molecule has 1 amide bonds. The molecule has 1 aromatic heterocycles. The van der Waals surface area contributed by atoms with Gasteiger partial charge in [-0.1, -0.05) is 6.07 Å². The van der Waals surface area contributed by atoms with Crippen LogP contribution < -0.4 is 9.62 Å². The smallest absolute Gasteiger partial charge is 0.240 e. The van der Waals surface area contributed by atoms with Crippen LogP contribution in [0.5, 0.6) is 0 Å². The first-order valence-electron chi connectivity index (χ1n) is 9.78. The molecule has 1 aliphatic heterocycles. The molecule has 2 aromatic carbocycles. The highest BCUT2D eigenvalue weighted by atomic mass is 32.2. The summed E-state index contributed by atoms with van der Waals surface area (Å²) >= 11 is 0. The van der Waals surface area contributed by atoms with Crippen molar-refractivity contribution in [3.8, 4) is 0 Å². The van der Waals surface area contributed by atoms with Gasteiger partial charge < -0.3 is 9.47 Å². The van der Waals surface area contributed by atoms with E-state index >= 15 is 0 Å². The summed E-state index contributed by atoms with van der Waals surface area (Å²) in [6, 6.07) is 9.67. The maximum atomic E-state index is 13.9. The number of hydrogen-bond donors (Lipinski definition) is 1. The van der Waals surface area contributed by atoms with E-state index in [1.54, 1.807) is 47.7 Å². The third kappa shape index (κ3) is 3.70. The number of fused-ring (bicyclic) bond motifs is 1. The fraction of sp³-hybridized carbons (Fsp3) is 0.333. The third-order valence-electron chi connectivity index (χ3n) is 5.43. The van der Waals surface area contributed by atoms with Gasteiger partial charge in [0.1, 0.15) is 11.3 Å². The van der Waals surface area contributed by atoms with Gasteiger partial charge in [0, 0.05) is 38.7 Å². The van der Waals surface area contributed by atoms with Gasteiger partial charge in [-0.2, -0.15) is 0 Å². The molecule has 1 saturated heterocycles. The highest BCUT2D eigenvalue weighted by molar-refractivity contribution is 7.89. The Bertz CT molecular complexity index is 1240. The number of imidazole rings is 1. The average Bonchev–Trinajstić information content (AvgIpc) is 3.26. The molecule has 158 valence electrons. The summed E-state index contributed by atoms with van der Waals surface area (Å²) in [7, 11) is -1.95. The van der Waals surface area contributed by atoms with Crippen LogP contribution in [0.2, 0.25) is 0 Å². The van der Waals surface area contributed by atoms with Crippen LogP contribution in [0.15, 0.2) is 41.3 Å². The highest BCUT2D eigenvalue weighted by Crippen LogP contribution is 2.26. The summed E-state index contributed by atoms with van der Waals surface area (Å²) in [5, 5.41) is 0. The highest BCUT2D eigenvalue weighted by Gasteiger charge is 2.24. The van der Waals surface area contributed by atoms with Gasteiger partial charge in [0.15, 0.2) is 5.82 Å². The van der Waals surface area contributed by atoms with E-state index in [1.807, 2.05) is 0 Å². The molecule has 0 unspecified atom stereocenters. The van der Waals surface area contributed by atoms with Crippen molar-refractivity contribution < 1.29 is 17.6 Å². The van der Waals surface area contributed by atoms with Gasteiger partial charge in [-0.05, 0) is 49.2 Å². The number of halogens is 1. The molecule has 0 atom stereocenters. The number of hydrogen-bond acceptors (Lipinski definition) is 4. The second kappa shape index (κ2) is 7.81. The van der Waals surface area contributed by atoms with Crippen molar-refractivity contribution in [2.24, 2.45) is 7.05 Å². The number of sulfonamides is 1. The summed E-state index contributed by atoms with van der Waals surface area (Å²) in [6.45, 7) is 2.50. The van der Waals surface area contributed by atoms with Gasteiger partial charge in [-0.15, -0.1) is 0 Å². The van der Waals surface area contributed by atoms with Crippen molar-refractivity contribution in [3.63, 3.8) is 0 Å². The Kier molecular flexibility index (Phi) is 5.33. The van der Waals surface area contributed by atoms with Gasteiger partial charge in [-0.3, -0.25) is 4.79 Å². The minimum Gasteiger partial charge on any atom is -0.331 e. The second-order valence-electron chi connectivity index (χ2n) is 7.44. The van der Waals surface area contributed by atoms with E-state index in [2.05, 4.69) is 9.71 Å². The summed E-state index contributed by atoms with van der Waals surface area (Å²) in [5.41, 5.74) is 2.23. The molecule has 0 aliphatic carbocycles. The molecule has 0 saturated carbocycles. The number of anilines is 1. The lowest BCUT2D eigenvalue weighted by Crippen LogP contribution is -2.28. The number of aromatic nitrogens is 2. The third-order valence-corrected chi connectivity index (χ3v) is 7.05. The number of nitrogens with zero attached hydrogens (tertiary/aromatic N) is 3. The number of amides is 1. The second-order valence-corrected chi connectivity index (χ2v) is 9.18. The average molecular weight is 431 g/mol. The maximum absolute atomic E-state index is 13.9. The Hall–Kier alpha value is -2.78. The molecular weight excluding hydrogens is 407 g/mol. The van der Waals surface area contributed by atoms with Crippen molar-refractivity contribution >= 4 is 32.7 Å². The molecule has 30 heavy (non-hydrogen) atoms. The Labute approximate surface area is 174 Å². The van der Waals surface area contributed by atoms with Crippen molar-refractivity contribution in [2.75, 3.05) is 18.0 Å². The van der Waals surface area contributed by atoms with Crippen LogP contribution in [-0.2, 0) is 28.3 Å². The minimum atomic E-state index is -3.73. The number of rotatable bonds is 6. The standard InChI is InChI=1S/C21H23FN4O3S/c1-14-13-15(26-12-4-7-20(26)27)8-9-18(14)30(28,29)23-11-10-19-24-21-16(22)5-3-6-17(21)25(19)2/h3,5-6,8-9,13,23H,4,7,10-12H2,1-2H3. The van der Waals surface area contributed by atoms with E-state index < -0.39 is 15.8 Å². The predicted octanol–water partition coefficient (Wildman–Crippen LogP) is 2.67. The molecule has 0 bridgehead atoms. The zero-order chi connectivity index (χ0) is 21.5. The van der Waals surface area contributed by atoms with Crippen LogP contribution >= 0.6 is 0 Å². The van der Waals surface area contributed by atoms with Crippen LogP contribution in [0.1, 0.15) is 24.2 Å². The quantitative estimate of drug-likeness (QED) is 0.652. The summed E-state index contributed by atoms with van der Waals surface area (Å²) < 4.78 is 43.8. The zero-order valence-electron chi connectivity index (χ0n) is 16.9. The van der Waals surface area contributed by atoms with Gasteiger partial charge in [0.25, 0.3) is 0 Å². The molecule has 1 aliphatic rings. The topological polar surface area (TPSA) is 84.3 Å². The van der Waals surface area contributed by atoms with Crippen LogP contribution in [-0.4, -0.2) is 37.0 Å². The SMILES string of the molecule is Cc1cc(N2CCCC2=O)ccc1S(=O)(=O)NCCc1nc2c(F)cccc2n1C. The number of nitrogens with one attached hydrogen (secondary N) is 1. The lowest BCUT2D eigenvalue weighted by atomic mass is 10.2. The van der Waals surface area contributed by atoms with E-state index in [4.69, 9.17) is 0 Å². The number of para-hydroxylation sites is 1. The monoisotopic (exact) mass is 430 g/mol. The molecule has 2 heterocycles. The molecule has 3 aromatic rings. The number of carbonyl (C=O) groups excluding carboxylic acids is 1. The first-order valence-corrected chi connectivity index (χ1v) is 11.3. The van der Waals surface area contributed by atoms with Crippen molar-refractivity contribution in [2.45, 2.75) is 31.1 Å². The molecule has 9 heteroatoms. The molecular formula is C21H23FN4O3S. The largest absolute Gasteiger partial charge is 0.331 e. The zero-order valence-corrected chi connectivity index (χ0v) is 17.7. The van der Waals surface area contributed by atoms with Gasteiger partial charge >= 0.3 is 0 Å². The number of benzene rings is 2. The minimum absolute atomic E-state index is 0.0574. The van der Waals surface area contributed by atoms with Gasteiger partial charge in [-0.25, -0.2) is 22.5 Å². The van der Waals surface area contributed by atoms with Crippen molar-refractivity contribution in [1.82, 2.24) is 14.3 Å². The summed E-state index contributed by atoms with van der Waals surface area (Å²) in [5.74, 6) is 0.251. The van der Waals surface area contributed by atoms with E-state index in [0.29, 0.717) is 36.3 Å². The Morgan fingerprint density at radius 2 is 2.03 bits per heavy atom. The van der Waals surface area contributed by atoms with Crippen molar-refractivity contribution in [3.05, 3.63) is 53.6 Å². The predicted molar refractivity (Wildman–Crippen MR) is 112 cm³/mol. The Morgan fingerprint density at radius 1 is 1.23 bits per heavy atom. The van der Waals surface area contributed by atoms with Crippen LogP contribution in [0.3, 0.4) is 0 Å². The first kappa shape index (κ1) is 20.5. The fourth-order valence-electron chi connectivity index (χ4n) is 3.85.